The van der Waals surface area contributed by atoms with Gasteiger partial charge in [-0.3, -0.25) is 10.1 Å². The number of amides is 1. The van der Waals surface area contributed by atoms with Gasteiger partial charge in [0.05, 0.1) is 6.04 Å². The smallest absolute Gasteiger partial charge is 0.237 e. The Morgan fingerprint density at radius 2 is 2.14 bits per heavy atom. The fourth-order valence-electron chi connectivity index (χ4n) is 2.39. The van der Waals surface area contributed by atoms with Gasteiger partial charge in [0.15, 0.2) is 0 Å². The van der Waals surface area contributed by atoms with Gasteiger partial charge in [0.25, 0.3) is 0 Å². The predicted molar refractivity (Wildman–Crippen MR) is 90.0 cm³/mol. The minimum atomic E-state index is -0.232. The Kier molecular flexibility index (Phi) is 5.23. The SMILES string of the molecule is CC(NC1CCSc2ccc(Cl)cc21)C(=O)NC(C)(C)C. The zero-order valence-corrected chi connectivity index (χ0v) is 14.6. The summed E-state index contributed by atoms with van der Waals surface area (Å²) >= 11 is 7.96. The maximum Gasteiger partial charge on any atom is 0.237 e. The molecule has 0 aromatic heterocycles. The first kappa shape index (κ1) is 16.7. The molecule has 2 rings (SSSR count). The maximum atomic E-state index is 12.2. The molecule has 2 N–H and O–H groups in total. The van der Waals surface area contributed by atoms with Crippen molar-refractivity contribution in [3.05, 3.63) is 28.8 Å². The van der Waals surface area contributed by atoms with Crippen molar-refractivity contribution in [3.63, 3.8) is 0 Å². The van der Waals surface area contributed by atoms with Crippen molar-refractivity contribution >= 4 is 29.3 Å². The number of rotatable bonds is 3. The first-order valence-electron chi connectivity index (χ1n) is 7.26. The van der Waals surface area contributed by atoms with E-state index in [-0.39, 0.29) is 23.5 Å². The second kappa shape index (κ2) is 6.59. The van der Waals surface area contributed by atoms with Crippen LogP contribution in [-0.4, -0.2) is 23.2 Å². The Morgan fingerprint density at radius 3 is 2.81 bits per heavy atom. The largest absolute Gasteiger partial charge is 0.350 e. The third-order valence-electron chi connectivity index (χ3n) is 3.35. The quantitative estimate of drug-likeness (QED) is 0.888. The van der Waals surface area contributed by atoms with Crippen LogP contribution in [0, 0.1) is 0 Å². The molecule has 1 aliphatic rings. The summed E-state index contributed by atoms with van der Waals surface area (Å²) in [5.41, 5.74) is 0.991. The molecule has 0 saturated heterocycles. The summed E-state index contributed by atoms with van der Waals surface area (Å²) in [6, 6.07) is 5.95. The number of fused-ring (bicyclic) bond motifs is 1. The van der Waals surface area contributed by atoms with Gasteiger partial charge in [-0.1, -0.05) is 11.6 Å². The summed E-state index contributed by atoms with van der Waals surface area (Å²) in [7, 11) is 0. The highest BCUT2D eigenvalue weighted by molar-refractivity contribution is 7.99. The van der Waals surface area contributed by atoms with E-state index in [2.05, 4.69) is 16.7 Å². The number of halogens is 1. The van der Waals surface area contributed by atoms with Crippen molar-refractivity contribution in [3.8, 4) is 0 Å². The van der Waals surface area contributed by atoms with E-state index < -0.39 is 0 Å². The molecule has 0 spiro atoms. The first-order valence-corrected chi connectivity index (χ1v) is 8.63. The van der Waals surface area contributed by atoms with Crippen LogP contribution in [0.15, 0.2) is 23.1 Å². The Balaban J connectivity index is 2.07. The van der Waals surface area contributed by atoms with Gasteiger partial charge in [-0.25, -0.2) is 0 Å². The summed E-state index contributed by atoms with van der Waals surface area (Å²) in [5.74, 6) is 1.09. The molecule has 1 aromatic carbocycles. The van der Waals surface area contributed by atoms with Gasteiger partial charge in [-0.05, 0) is 63.6 Å². The highest BCUT2D eigenvalue weighted by Crippen LogP contribution is 2.37. The van der Waals surface area contributed by atoms with E-state index in [1.54, 1.807) is 0 Å². The van der Waals surface area contributed by atoms with Crippen molar-refractivity contribution in [1.82, 2.24) is 10.6 Å². The summed E-state index contributed by atoms with van der Waals surface area (Å²) in [5, 5.41) is 7.20. The van der Waals surface area contributed by atoms with E-state index in [9.17, 15) is 4.79 Å². The summed E-state index contributed by atoms with van der Waals surface area (Å²) in [6.45, 7) is 7.88. The molecule has 0 bridgehead atoms. The van der Waals surface area contributed by atoms with Crippen LogP contribution in [0.5, 0.6) is 0 Å². The van der Waals surface area contributed by atoms with E-state index in [1.807, 2.05) is 51.6 Å². The van der Waals surface area contributed by atoms with Crippen LogP contribution in [0.25, 0.3) is 0 Å². The van der Waals surface area contributed by atoms with E-state index in [4.69, 9.17) is 11.6 Å². The Hall–Kier alpha value is -0.710. The Morgan fingerprint density at radius 1 is 1.43 bits per heavy atom. The molecule has 116 valence electrons. The number of hydrogen-bond acceptors (Lipinski definition) is 3. The molecule has 5 heteroatoms. The van der Waals surface area contributed by atoms with Gasteiger partial charge in [-0.2, -0.15) is 0 Å². The predicted octanol–water partition coefficient (Wildman–Crippen LogP) is 3.77. The molecule has 0 fully saturated rings. The molecule has 21 heavy (non-hydrogen) atoms. The number of benzene rings is 1. The number of carbonyl (C=O) groups excluding carboxylic acids is 1. The van der Waals surface area contributed by atoms with Gasteiger partial charge in [0.1, 0.15) is 0 Å². The molecule has 0 saturated carbocycles. The van der Waals surface area contributed by atoms with Crippen LogP contribution in [0.1, 0.15) is 45.7 Å². The van der Waals surface area contributed by atoms with Crippen LogP contribution in [0.4, 0.5) is 0 Å². The maximum absolute atomic E-state index is 12.2. The standard InChI is InChI=1S/C16H23ClN2OS/c1-10(15(20)19-16(2,3)4)18-13-7-8-21-14-6-5-11(17)9-12(13)14/h5-6,9-10,13,18H,7-8H2,1-4H3,(H,19,20). The van der Waals surface area contributed by atoms with Crippen LogP contribution in [0.3, 0.4) is 0 Å². The lowest BCUT2D eigenvalue weighted by atomic mass is 10.0. The molecule has 3 nitrogen and oxygen atoms in total. The van der Waals surface area contributed by atoms with Crippen molar-refractivity contribution in [2.24, 2.45) is 0 Å². The minimum Gasteiger partial charge on any atom is -0.350 e. The lowest BCUT2D eigenvalue weighted by Gasteiger charge is -2.30. The summed E-state index contributed by atoms with van der Waals surface area (Å²) in [6.07, 6.45) is 1.01. The van der Waals surface area contributed by atoms with Gasteiger partial charge < -0.3 is 5.32 Å². The number of carbonyl (C=O) groups is 1. The molecular formula is C16H23ClN2OS. The highest BCUT2D eigenvalue weighted by atomic mass is 35.5. The van der Waals surface area contributed by atoms with Crippen molar-refractivity contribution in [1.29, 1.82) is 0 Å². The molecular weight excluding hydrogens is 304 g/mol. The van der Waals surface area contributed by atoms with Gasteiger partial charge in [-0.15, -0.1) is 11.8 Å². The van der Waals surface area contributed by atoms with Crippen molar-refractivity contribution in [2.75, 3.05) is 5.75 Å². The summed E-state index contributed by atoms with van der Waals surface area (Å²) in [4.78, 5) is 13.5. The monoisotopic (exact) mass is 326 g/mol. The van der Waals surface area contributed by atoms with Gasteiger partial charge in [0.2, 0.25) is 5.91 Å². The highest BCUT2D eigenvalue weighted by Gasteiger charge is 2.26. The number of nitrogens with one attached hydrogen (secondary N) is 2. The lowest BCUT2D eigenvalue weighted by Crippen LogP contribution is -2.50. The Labute approximate surface area is 136 Å². The first-order chi connectivity index (χ1) is 9.76. The summed E-state index contributed by atoms with van der Waals surface area (Å²) < 4.78 is 0. The third kappa shape index (κ3) is 4.63. The van der Waals surface area contributed by atoms with Crippen LogP contribution in [-0.2, 0) is 4.79 Å². The second-order valence-corrected chi connectivity index (χ2v) is 8.07. The van der Waals surface area contributed by atoms with Crippen LogP contribution in [0.2, 0.25) is 5.02 Å². The van der Waals surface area contributed by atoms with Gasteiger partial charge >= 0.3 is 0 Å². The average molecular weight is 327 g/mol. The van der Waals surface area contributed by atoms with E-state index in [0.29, 0.717) is 0 Å². The number of thioether (sulfide) groups is 1. The van der Waals surface area contributed by atoms with E-state index in [0.717, 1.165) is 17.2 Å². The van der Waals surface area contributed by atoms with Crippen molar-refractivity contribution in [2.45, 2.75) is 56.6 Å². The fraction of sp³-hybridized carbons (Fsp3) is 0.562. The van der Waals surface area contributed by atoms with Crippen molar-refractivity contribution < 1.29 is 4.79 Å². The molecule has 1 amide bonds. The zero-order valence-electron chi connectivity index (χ0n) is 13.0. The lowest BCUT2D eigenvalue weighted by molar-refractivity contribution is -0.124. The second-order valence-electron chi connectivity index (χ2n) is 6.50. The van der Waals surface area contributed by atoms with Crippen LogP contribution >= 0.6 is 23.4 Å². The average Bonchev–Trinajstić information content (AvgIpc) is 2.37. The molecule has 1 aromatic rings. The van der Waals surface area contributed by atoms with E-state index in [1.165, 1.54) is 10.5 Å². The molecule has 1 heterocycles. The van der Waals surface area contributed by atoms with Gasteiger partial charge in [0, 0.05) is 21.5 Å². The molecule has 2 unspecified atom stereocenters. The third-order valence-corrected chi connectivity index (χ3v) is 4.71. The molecule has 2 atom stereocenters. The van der Waals surface area contributed by atoms with Crippen LogP contribution < -0.4 is 10.6 Å². The molecule has 1 aliphatic heterocycles. The van der Waals surface area contributed by atoms with E-state index >= 15 is 0 Å². The number of hydrogen-bond donors (Lipinski definition) is 2. The topological polar surface area (TPSA) is 41.1 Å². The zero-order chi connectivity index (χ0) is 15.6. The molecule has 0 radical (unpaired) electrons. The minimum absolute atomic E-state index is 0.0318. The Bertz CT molecular complexity index is 527. The molecule has 0 aliphatic carbocycles. The fourth-order valence-corrected chi connectivity index (χ4v) is 3.68. The normalized spacial score (nSPS) is 19.8.